The summed E-state index contributed by atoms with van der Waals surface area (Å²) in [6, 6.07) is 0. The molecule has 0 radical (unpaired) electrons. The van der Waals surface area contributed by atoms with Crippen LogP contribution in [-0.4, -0.2) is 5.78 Å². The van der Waals surface area contributed by atoms with Gasteiger partial charge in [-0.1, -0.05) is 51.0 Å². The van der Waals surface area contributed by atoms with E-state index in [0.29, 0.717) is 11.2 Å². The van der Waals surface area contributed by atoms with Gasteiger partial charge in [-0.15, -0.1) is 0 Å². The largest absolute Gasteiger partial charge is 0.295 e. The molecular formula is C29H44O. The second-order valence-corrected chi connectivity index (χ2v) is 11.8. The predicted octanol–water partition coefficient (Wildman–Crippen LogP) is 8.07. The molecule has 0 heterocycles. The fraction of sp³-hybridized carbons (Fsp3) is 0.759. The first-order chi connectivity index (χ1) is 14.2. The number of fused-ring (bicyclic) bond motifs is 5. The van der Waals surface area contributed by atoms with E-state index in [1.54, 1.807) is 5.57 Å². The number of carbonyl (C=O) groups excluding carboxylic acids is 1. The van der Waals surface area contributed by atoms with E-state index in [2.05, 4.69) is 53.7 Å². The quantitative estimate of drug-likeness (QED) is 0.420. The summed E-state index contributed by atoms with van der Waals surface area (Å²) in [6.45, 7) is 14.6. The summed E-state index contributed by atoms with van der Waals surface area (Å²) in [6.07, 6.45) is 18.1. The van der Waals surface area contributed by atoms with Gasteiger partial charge in [-0.25, -0.2) is 0 Å². The first-order valence-electron chi connectivity index (χ1n) is 12.8. The molecule has 0 bridgehead atoms. The smallest absolute Gasteiger partial charge is 0.156 e. The SMILES string of the molecule is CCC(CCC(C)C1CCC2C3C=CC4=CC(=O)CCC4(C)C3CCC12C)=C(C)C. The summed E-state index contributed by atoms with van der Waals surface area (Å²) in [5, 5.41) is 0. The third-order valence-electron chi connectivity index (χ3n) is 10.3. The summed E-state index contributed by atoms with van der Waals surface area (Å²) in [5.41, 5.74) is 5.29. The maximum atomic E-state index is 12.0. The third-order valence-corrected chi connectivity index (χ3v) is 10.3. The maximum Gasteiger partial charge on any atom is 0.156 e. The average molecular weight is 409 g/mol. The first-order valence-corrected chi connectivity index (χ1v) is 12.8. The fourth-order valence-electron chi connectivity index (χ4n) is 8.36. The summed E-state index contributed by atoms with van der Waals surface area (Å²) in [7, 11) is 0. The Balaban J connectivity index is 1.53. The van der Waals surface area contributed by atoms with Crippen molar-refractivity contribution < 1.29 is 4.79 Å². The number of hydrogen-bond donors (Lipinski definition) is 0. The van der Waals surface area contributed by atoms with Crippen LogP contribution in [0.15, 0.2) is 34.9 Å². The molecule has 166 valence electrons. The average Bonchev–Trinajstić information content (AvgIpc) is 3.06. The molecule has 0 aromatic rings. The normalized spacial score (nSPS) is 40.9. The van der Waals surface area contributed by atoms with Crippen LogP contribution in [0.2, 0.25) is 0 Å². The molecule has 0 aromatic carbocycles. The van der Waals surface area contributed by atoms with Gasteiger partial charge in [0.2, 0.25) is 0 Å². The van der Waals surface area contributed by atoms with Crippen molar-refractivity contribution in [2.45, 2.75) is 99.3 Å². The molecule has 7 atom stereocenters. The zero-order chi connectivity index (χ0) is 21.7. The Morgan fingerprint density at radius 1 is 1.13 bits per heavy atom. The number of rotatable bonds is 5. The molecule has 0 aromatic heterocycles. The van der Waals surface area contributed by atoms with Crippen molar-refractivity contribution in [2.75, 3.05) is 0 Å². The lowest BCUT2D eigenvalue weighted by atomic mass is 9.48. The lowest BCUT2D eigenvalue weighted by Crippen LogP contribution is -2.49. The molecule has 0 spiro atoms. The van der Waals surface area contributed by atoms with E-state index in [-0.39, 0.29) is 5.41 Å². The summed E-state index contributed by atoms with van der Waals surface area (Å²) >= 11 is 0. The highest BCUT2D eigenvalue weighted by atomic mass is 16.1. The Kier molecular flexibility index (Phi) is 5.97. The number of allylic oxidation sites excluding steroid dienone is 6. The number of ketones is 1. The van der Waals surface area contributed by atoms with Gasteiger partial charge in [0.05, 0.1) is 0 Å². The van der Waals surface area contributed by atoms with Gasteiger partial charge in [-0.05, 0) is 117 Å². The van der Waals surface area contributed by atoms with Crippen molar-refractivity contribution in [3.8, 4) is 0 Å². The van der Waals surface area contributed by atoms with E-state index in [9.17, 15) is 4.79 Å². The molecule has 4 aliphatic carbocycles. The molecule has 1 nitrogen and oxygen atoms in total. The van der Waals surface area contributed by atoms with E-state index in [1.165, 1.54) is 56.1 Å². The molecular weight excluding hydrogens is 364 g/mol. The highest BCUT2D eigenvalue weighted by Gasteiger charge is 2.58. The van der Waals surface area contributed by atoms with Crippen molar-refractivity contribution in [3.05, 3.63) is 34.9 Å². The van der Waals surface area contributed by atoms with Crippen molar-refractivity contribution in [1.82, 2.24) is 0 Å². The van der Waals surface area contributed by atoms with Crippen LogP contribution in [0, 0.1) is 40.4 Å². The molecule has 0 aliphatic heterocycles. The Labute approximate surface area is 185 Å². The molecule has 0 amide bonds. The zero-order valence-electron chi connectivity index (χ0n) is 20.4. The van der Waals surface area contributed by atoms with E-state index < -0.39 is 0 Å². The zero-order valence-corrected chi connectivity index (χ0v) is 20.4. The lowest BCUT2D eigenvalue weighted by Gasteiger charge is -2.56. The summed E-state index contributed by atoms with van der Waals surface area (Å²) in [5.74, 6) is 4.34. The number of carbonyl (C=O) groups is 1. The maximum absolute atomic E-state index is 12.0. The van der Waals surface area contributed by atoms with Crippen molar-refractivity contribution in [3.63, 3.8) is 0 Å². The van der Waals surface area contributed by atoms with E-state index in [4.69, 9.17) is 0 Å². The highest BCUT2D eigenvalue weighted by molar-refractivity contribution is 5.92. The monoisotopic (exact) mass is 408 g/mol. The second-order valence-electron chi connectivity index (χ2n) is 11.8. The number of hydrogen-bond acceptors (Lipinski definition) is 1. The molecule has 0 saturated heterocycles. The Bertz CT molecular complexity index is 778. The highest BCUT2D eigenvalue weighted by Crippen LogP contribution is 2.66. The van der Waals surface area contributed by atoms with Crippen LogP contribution in [0.25, 0.3) is 0 Å². The van der Waals surface area contributed by atoms with Gasteiger partial charge in [0.1, 0.15) is 0 Å². The van der Waals surface area contributed by atoms with Crippen LogP contribution < -0.4 is 0 Å². The van der Waals surface area contributed by atoms with Gasteiger partial charge < -0.3 is 0 Å². The van der Waals surface area contributed by atoms with E-state index >= 15 is 0 Å². The van der Waals surface area contributed by atoms with Crippen LogP contribution >= 0.6 is 0 Å². The van der Waals surface area contributed by atoms with Gasteiger partial charge in [-0.2, -0.15) is 0 Å². The van der Waals surface area contributed by atoms with Crippen molar-refractivity contribution in [2.24, 2.45) is 40.4 Å². The molecule has 1 heteroatoms. The summed E-state index contributed by atoms with van der Waals surface area (Å²) < 4.78 is 0. The van der Waals surface area contributed by atoms with Crippen LogP contribution in [0.4, 0.5) is 0 Å². The van der Waals surface area contributed by atoms with E-state index in [1.807, 2.05) is 6.08 Å². The minimum Gasteiger partial charge on any atom is -0.295 e. The third kappa shape index (κ3) is 3.49. The molecule has 4 rings (SSSR count). The van der Waals surface area contributed by atoms with Gasteiger partial charge in [-0.3, -0.25) is 4.79 Å². The molecule has 2 fully saturated rings. The molecule has 2 saturated carbocycles. The van der Waals surface area contributed by atoms with Gasteiger partial charge in [0, 0.05) is 6.42 Å². The van der Waals surface area contributed by atoms with Crippen LogP contribution in [0.3, 0.4) is 0 Å². The molecule has 0 N–H and O–H groups in total. The summed E-state index contributed by atoms with van der Waals surface area (Å²) in [4.78, 5) is 12.0. The van der Waals surface area contributed by atoms with Crippen LogP contribution in [0.5, 0.6) is 0 Å². The minimum atomic E-state index is 0.234. The van der Waals surface area contributed by atoms with Gasteiger partial charge in [0.25, 0.3) is 0 Å². The standard InChI is InChI=1S/C29H44O/c1-7-21(19(2)3)9-8-20(4)25-12-13-26-24-11-10-22-18-23(30)14-16-28(22,5)27(24)15-17-29(25,26)6/h10-11,18,20,24-27H,7-9,12-17H2,1-6H3. The molecule has 4 aliphatic rings. The minimum absolute atomic E-state index is 0.234. The van der Waals surface area contributed by atoms with Crippen molar-refractivity contribution in [1.29, 1.82) is 0 Å². The van der Waals surface area contributed by atoms with Crippen LogP contribution in [-0.2, 0) is 4.79 Å². The Morgan fingerprint density at radius 2 is 1.90 bits per heavy atom. The Morgan fingerprint density at radius 3 is 2.60 bits per heavy atom. The predicted molar refractivity (Wildman–Crippen MR) is 127 cm³/mol. The molecule has 7 unspecified atom stereocenters. The van der Waals surface area contributed by atoms with Gasteiger partial charge >= 0.3 is 0 Å². The first kappa shape index (κ1) is 22.1. The van der Waals surface area contributed by atoms with Crippen LogP contribution in [0.1, 0.15) is 99.3 Å². The van der Waals surface area contributed by atoms with E-state index in [0.717, 1.165) is 42.4 Å². The topological polar surface area (TPSA) is 17.1 Å². The lowest BCUT2D eigenvalue weighted by molar-refractivity contribution is -0.116. The fourth-order valence-corrected chi connectivity index (χ4v) is 8.36. The van der Waals surface area contributed by atoms with Crippen molar-refractivity contribution >= 4 is 5.78 Å². The van der Waals surface area contributed by atoms with Gasteiger partial charge in [0.15, 0.2) is 5.78 Å². The molecule has 30 heavy (non-hydrogen) atoms. The Hall–Kier alpha value is -1.11. The second kappa shape index (κ2) is 8.10.